The number of alkyl halides is 3. The monoisotopic (exact) mass is 284 g/mol. The van der Waals surface area contributed by atoms with Crippen LogP contribution in [0.5, 0.6) is 0 Å². The van der Waals surface area contributed by atoms with E-state index < -0.39 is 11.7 Å². The molecule has 3 heterocycles. The third-order valence-electron chi connectivity index (χ3n) is 3.57. The van der Waals surface area contributed by atoms with Crippen LogP contribution in [0.1, 0.15) is 24.2 Å². The molecule has 1 N–H and O–H groups in total. The van der Waals surface area contributed by atoms with Crippen LogP contribution in [0.3, 0.4) is 0 Å². The Morgan fingerprint density at radius 1 is 1.35 bits per heavy atom. The first kappa shape index (κ1) is 13.4. The van der Waals surface area contributed by atoms with Gasteiger partial charge >= 0.3 is 6.18 Å². The average Bonchev–Trinajstić information content (AvgIpc) is 2.80. The van der Waals surface area contributed by atoms with Gasteiger partial charge in [-0.3, -0.25) is 0 Å². The predicted molar refractivity (Wildman–Crippen MR) is 67.3 cm³/mol. The van der Waals surface area contributed by atoms with Crippen molar-refractivity contribution in [1.82, 2.24) is 19.9 Å². The second-order valence-electron chi connectivity index (χ2n) is 5.16. The topological polar surface area (TPSA) is 42.2 Å². The lowest BCUT2D eigenvalue weighted by molar-refractivity contribution is -0.137. The van der Waals surface area contributed by atoms with Gasteiger partial charge in [0, 0.05) is 12.6 Å². The van der Waals surface area contributed by atoms with Gasteiger partial charge in [-0.2, -0.15) is 18.3 Å². The number of hydrogen-bond acceptors (Lipinski definition) is 3. The molecule has 1 atom stereocenters. The highest BCUT2D eigenvalue weighted by Gasteiger charge is 2.31. The number of aromatic nitrogens is 3. The van der Waals surface area contributed by atoms with Crippen LogP contribution in [0.4, 0.5) is 13.2 Å². The standard InChI is InChI=1S/C13H15F3N4/c14-13(15,16)10-3-4-12-18-11(19-20(12)8-10)6-9-2-1-5-17-7-9/h3-4,8-9,17H,1-2,5-7H2. The minimum Gasteiger partial charge on any atom is -0.316 e. The number of rotatable bonds is 2. The van der Waals surface area contributed by atoms with Gasteiger partial charge in [0.2, 0.25) is 0 Å². The van der Waals surface area contributed by atoms with Crippen molar-refractivity contribution in [1.29, 1.82) is 0 Å². The van der Waals surface area contributed by atoms with Crippen molar-refractivity contribution in [2.45, 2.75) is 25.4 Å². The molecule has 0 spiro atoms. The normalized spacial score (nSPS) is 20.4. The number of nitrogens with one attached hydrogen (secondary N) is 1. The van der Waals surface area contributed by atoms with E-state index >= 15 is 0 Å². The molecule has 20 heavy (non-hydrogen) atoms. The van der Waals surface area contributed by atoms with Crippen LogP contribution in [-0.2, 0) is 12.6 Å². The maximum Gasteiger partial charge on any atom is 0.417 e. The summed E-state index contributed by atoms with van der Waals surface area (Å²) < 4.78 is 39.1. The molecular weight excluding hydrogens is 269 g/mol. The molecule has 1 aliphatic rings. The highest BCUT2D eigenvalue weighted by molar-refractivity contribution is 5.39. The molecule has 2 aromatic heterocycles. The molecule has 0 bridgehead atoms. The first-order valence-electron chi connectivity index (χ1n) is 6.65. The van der Waals surface area contributed by atoms with Crippen LogP contribution in [-0.4, -0.2) is 27.7 Å². The van der Waals surface area contributed by atoms with Crippen molar-refractivity contribution in [2.24, 2.45) is 5.92 Å². The molecule has 0 radical (unpaired) electrons. The molecule has 1 fully saturated rings. The SMILES string of the molecule is FC(F)(F)c1ccc2nc(CC3CCCNC3)nn2c1. The zero-order valence-corrected chi connectivity index (χ0v) is 10.8. The van der Waals surface area contributed by atoms with Crippen LogP contribution >= 0.6 is 0 Å². The van der Waals surface area contributed by atoms with Crippen molar-refractivity contribution >= 4 is 5.65 Å². The largest absolute Gasteiger partial charge is 0.417 e. The number of pyridine rings is 1. The Bertz CT molecular complexity index is 599. The Balaban J connectivity index is 1.83. The molecular formula is C13H15F3N4. The maximum atomic E-state index is 12.6. The van der Waals surface area contributed by atoms with Gasteiger partial charge in [-0.05, 0) is 44.0 Å². The lowest BCUT2D eigenvalue weighted by Crippen LogP contribution is -2.31. The van der Waals surface area contributed by atoms with Crippen LogP contribution in [0, 0.1) is 5.92 Å². The minimum atomic E-state index is -4.35. The van der Waals surface area contributed by atoms with Gasteiger partial charge in [-0.25, -0.2) is 9.50 Å². The predicted octanol–water partition coefficient (Wildman–Crippen LogP) is 2.29. The van der Waals surface area contributed by atoms with E-state index in [1.165, 1.54) is 10.6 Å². The van der Waals surface area contributed by atoms with Crippen LogP contribution in [0.15, 0.2) is 18.3 Å². The highest BCUT2D eigenvalue weighted by Crippen LogP contribution is 2.29. The van der Waals surface area contributed by atoms with Gasteiger partial charge in [0.25, 0.3) is 0 Å². The van der Waals surface area contributed by atoms with Crippen molar-refractivity contribution in [3.63, 3.8) is 0 Å². The molecule has 108 valence electrons. The highest BCUT2D eigenvalue weighted by atomic mass is 19.4. The van der Waals surface area contributed by atoms with Gasteiger partial charge in [-0.15, -0.1) is 0 Å². The lowest BCUT2D eigenvalue weighted by Gasteiger charge is -2.21. The van der Waals surface area contributed by atoms with E-state index in [0.717, 1.165) is 38.2 Å². The summed E-state index contributed by atoms with van der Waals surface area (Å²) in [6, 6.07) is 2.40. The molecule has 1 saturated heterocycles. The second-order valence-corrected chi connectivity index (χ2v) is 5.16. The molecule has 0 aliphatic carbocycles. The summed E-state index contributed by atoms with van der Waals surface area (Å²) >= 11 is 0. The maximum absolute atomic E-state index is 12.6. The summed E-state index contributed by atoms with van der Waals surface area (Å²) in [5.41, 5.74) is -0.252. The van der Waals surface area contributed by atoms with E-state index in [-0.39, 0.29) is 0 Å². The van der Waals surface area contributed by atoms with E-state index in [0.29, 0.717) is 23.8 Å². The smallest absolute Gasteiger partial charge is 0.316 e. The lowest BCUT2D eigenvalue weighted by atomic mass is 9.96. The summed E-state index contributed by atoms with van der Waals surface area (Å²) in [5.74, 6) is 1.07. The molecule has 1 unspecified atom stereocenters. The van der Waals surface area contributed by atoms with E-state index in [1.54, 1.807) is 0 Å². The van der Waals surface area contributed by atoms with Gasteiger partial charge in [0.15, 0.2) is 11.5 Å². The molecule has 7 heteroatoms. The number of halogens is 3. The molecule has 0 aromatic carbocycles. The van der Waals surface area contributed by atoms with Crippen molar-refractivity contribution in [2.75, 3.05) is 13.1 Å². The summed E-state index contributed by atoms with van der Waals surface area (Å²) in [5, 5.41) is 7.47. The van der Waals surface area contributed by atoms with E-state index in [9.17, 15) is 13.2 Å². The van der Waals surface area contributed by atoms with Gasteiger partial charge < -0.3 is 5.32 Å². The Morgan fingerprint density at radius 2 is 2.20 bits per heavy atom. The zero-order chi connectivity index (χ0) is 14.2. The molecule has 4 nitrogen and oxygen atoms in total. The fraction of sp³-hybridized carbons (Fsp3) is 0.538. The van der Waals surface area contributed by atoms with Crippen LogP contribution in [0.25, 0.3) is 5.65 Å². The van der Waals surface area contributed by atoms with Crippen molar-refractivity contribution in [3.8, 4) is 0 Å². The van der Waals surface area contributed by atoms with Gasteiger partial charge in [0.1, 0.15) is 0 Å². The Hall–Kier alpha value is -1.63. The van der Waals surface area contributed by atoms with E-state index in [1.807, 2.05) is 0 Å². The van der Waals surface area contributed by atoms with Crippen molar-refractivity contribution in [3.05, 3.63) is 29.7 Å². The van der Waals surface area contributed by atoms with E-state index in [4.69, 9.17) is 0 Å². The summed E-state index contributed by atoms with van der Waals surface area (Å²) in [7, 11) is 0. The van der Waals surface area contributed by atoms with Crippen molar-refractivity contribution < 1.29 is 13.2 Å². The number of piperidine rings is 1. The number of fused-ring (bicyclic) bond motifs is 1. The number of hydrogen-bond donors (Lipinski definition) is 1. The van der Waals surface area contributed by atoms with E-state index in [2.05, 4.69) is 15.4 Å². The quantitative estimate of drug-likeness (QED) is 0.920. The molecule has 3 rings (SSSR count). The van der Waals surface area contributed by atoms with Crippen LogP contribution in [0.2, 0.25) is 0 Å². The summed E-state index contributed by atoms with van der Waals surface area (Å²) in [4.78, 5) is 4.29. The van der Waals surface area contributed by atoms with Gasteiger partial charge in [0.05, 0.1) is 5.56 Å². The molecule has 0 amide bonds. The minimum absolute atomic E-state index is 0.455. The Kier molecular flexibility index (Phi) is 3.37. The Labute approximate surface area is 114 Å². The molecule has 0 saturated carbocycles. The third kappa shape index (κ3) is 2.77. The Morgan fingerprint density at radius 3 is 2.90 bits per heavy atom. The third-order valence-corrected chi connectivity index (χ3v) is 3.57. The first-order chi connectivity index (χ1) is 9.52. The number of nitrogens with zero attached hydrogens (tertiary/aromatic N) is 3. The first-order valence-corrected chi connectivity index (χ1v) is 6.65. The second kappa shape index (κ2) is 5.05. The summed E-state index contributed by atoms with van der Waals surface area (Å²) in [6.07, 6.45) is -0.429. The fourth-order valence-electron chi connectivity index (χ4n) is 2.54. The summed E-state index contributed by atoms with van der Waals surface area (Å²) in [6.45, 7) is 1.95. The fourth-order valence-corrected chi connectivity index (χ4v) is 2.54. The van der Waals surface area contributed by atoms with Gasteiger partial charge in [-0.1, -0.05) is 0 Å². The zero-order valence-electron chi connectivity index (χ0n) is 10.8. The van der Waals surface area contributed by atoms with Crippen LogP contribution < -0.4 is 5.32 Å². The average molecular weight is 284 g/mol. The molecule has 1 aliphatic heterocycles. The molecule has 2 aromatic rings.